The molecular formula is C54H104O6. The molecule has 0 heterocycles. The molecule has 356 valence electrons. The standard InChI is InChI=1S/C54H104O6/c1-6-7-8-9-10-11-12-18-24-29-34-39-44-52(55)58-47-51(48-59-53(56)45-40-35-30-25-21-20-23-28-33-38-43-50(4)5)60-54(57)46-41-36-31-26-19-16-14-13-15-17-22-27-32-37-42-49(2)3/h49-51H,6-48H2,1-5H3/t51-/m1/s1. The summed E-state index contributed by atoms with van der Waals surface area (Å²) in [6.07, 6.45) is 48.0. The van der Waals surface area contributed by atoms with E-state index in [0.717, 1.165) is 69.6 Å². The van der Waals surface area contributed by atoms with Crippen LogP contribution in [-0.4, -0.2) is 37.2 Å². The summed E-state index contributed by atoms with van der Waals surface area (Å²) >= 11 is 0. The molecule has 0 amide bonds. The molecule has 6 nitrogen and oxygen atoms in total. The molecule has 6 heteroatoms. The molecule has 0 fully saturated rings. The number of carbonyl (C=O) groups excluding carboxylic acids is 3. The van der Waals surface area contributed by atoms with Crippen molar-refractivity contribution in [2.45, 2.75) is 304 Å². The Bertz CT molecular complexity index is 916. The predicted molar refractivity (Wildman–Crippen MR) is 256 cm³/mol. The lowest BCUT2D eigenvalue weighted by molar-refractivity contribution is -0.167. The Kier molecular flexibility index (Phi) is 45.7. The molecule has 0 unspecified atom stereocenters. The van der Waals surface area contributed by atoms with Gasteiger partial charge in [-0.3, -0.25) is 14.4 Å². The Hall–Kier alpha value is -1.59. The molecule has 60 heavy (non-hydrogen) atoms. The fourth-order valence-electron chi connectivity index (χ4n) is 8.17. The maximum atomic E-state index is 12.8. The molecule has 0 saturated carbocycles. The predicted octanol–water partition coefficient (Wildman–Crippen LogP) is 17.3. The monoisotopic (exact) mass is 849 g/mol. The van der Waals surface area contributed by atoms with Gasteiger partial charge in [-0.25, -0.2) is 0 Å². The van der Waals surface area contributed by atoms with Crippen molar-refractivity contribution in [3.05, 3.63) is 0 Å². The molecule has 0 aromatic rings. The molecule has 0 rings (SSSR count). The molecule has 0 aliphatic carbocycles. The summed E-state index contributed by atoms with van der Waals surface area (Å²) in [6, 6.07) is 0. The summed E-state index contributed by atoms with van der Waals surface area (Å²) in [4.78, 5) is 38.0. The number of carbonyl (C=O) groups is 3. The van der Waals surface area contributed by atoms with Crippen LogP contribution in [-0.2, 0) is 28.6 Å². The molecule has 0 saturated heterocycles. The van der Waals surface area contributed by atoms with Crippen molar-refractivity contribution < 1.29 is 28.6 Å². The summed E-state index contributed by atoms with van der Waals surface area (Å²) in [5.74, 6) is 0.816. The maximum absolute atomic E-state index is 12.8. The Labute approximate surface area is 374 Å². The van der Waals surface area contributed by atoms with E-state index in [1.165, 1.54) is 186 Å². The lowest BCUT2D eigenvalue weighted by Gasteiger charge is -2.18. The van der Waals surface area contributed by atoms with Crippen molar-refractivity contribution in [3.8, 4) is 0 Å². The van der Waals surface area contributed by atoms with E-state index in [-0.39, 0.29) is 31.1 Å². The number of hydrogen-bond acceptors (Lipinski definition) is 6. The van der Waals surface area contributed by atoms with Gasteiger partial charge in [0.2, 0.25) is 0 Å². The van der Waals surface area contributed by atoms with Gasteiger partial charge in [0.25, 0.3) is 0 Å². The fourth-order valence-corrected chi connectivity index (χ4v) is 8.17. The van der Waals surface area contributed by atoms with Crippen molar-refractivity contribution in [2.24, 2.45) is 11.8 Å². The van der Waals surface area contributed by atoms with E-state index in [1.54, 1.807) is 0 Å². The maximum Gasteiger partial charge on any atom is 0.306 e. The van der Waals surface area contributed by atoms with Crippen molar-refractivity contribution in [2.75, 3.05) is 13.2 Å². The van der Waals surface area contributed by atoms with Crippen molar-refractivity contribution in [3.63, 3.8) is 0 Å². The van der Waals surface area contributed by atoms with Crippen LogP contribution in [0.1, 0.15) is 298 Å². The number of esters is 3. The minimum absolute atomic E-state index is 0.0634. The van der Waals surface area contributed by atoms with E-state index >= 15 is 0 Å². The molecule has 0 aliphatic heterocycles. The number of ether oxygens (including phenoxy) is 3. The largest absolute Gasteiger partial charge is 0.462 e. The van der Waals surface area contributed by atoms with Crippen LogP contribution in [0.5, 0.6) is 0 Å². The van der Waals surface area contributed by atoms with E-state index in [2.05, 4.69) is 34.6 Å². The smallest absolute Gasteiger partial charge is 0.306 e. The Morgan fingerprint density at radius 1 is 0.317 bits per heavy atom. The lowest BCUT2D eigenvalue weighted by atomic mass is 10.0. The zero-order valence-corrected chi connectivity index (χ0v) is 41.1. The summed E-state index contributed by atoms with van der Waals surface area (Å²) in [5, 5.41) is 0. The van der Waals surface area contributed by atoms with Crippen LogP contribution in [0.2, 0.25) is 0 Å². The SMILES string of the molecule is CCCCCCCCCCCCCCC(=O)OC[C@H](COC(=O)CCCCCCCCCCCCC(C)C)OC(=O)CCCCCCCCCCCCCCCCC(C)C. The molecule has 0 aromatic heterocycles. The first-order valence-electron chi connectivity index (χ1n) is 26.7. The van der Waals surface area contributed by atoms with Gasteiger partial charge in [0.05, 0.1) is 0 Å². The van der Waals surface area contributed by atoms with Crippen LogP contribution in [0.3, 0.4) is 0 Å². The molecule has 0 aliphatic rings. The van der Waals surface area contributed by atoms with Gasteiger partial charge < -0.3 is 14.2 Å². The number of unbranched alkanes of at least 4 members (excludes halogenated alkanes) is 33. The molecule has 0 spiro atoms. The Morgan fingerprint density at radius 2 is 0.550 bits per heavy atom. The van der Waals surface area contributed by atoms with E-state index in [0.29, 0.717) is 19.3 Å². The van der Waals surface area contributed by atoms with E-state index < -0.39 is 6.10 Å². The third-order valence-corrected chi connectivity index (χ3v) is 12.2. The third-order valence-electron chi connectivity index (χ3n) is 12.2. The molecular weight excluding hydrogens is 745 g/mol. The second kappa shape index (κ2) is 46.9. The molecule has 0 aromatic carbocycles. The van der Waals surface area contributed by atoms with Gasteiger partial charge in [0.15, 0.2) is 6.10 Å². The van der Waals surface area contributed by atoms with Crippen LogP contribution in [0, 0.1) is 11.8 Å². The lowest BCUT2D eigenvalue weighted by Crippen LogP contribution is -2.30. The van der Waals surface area contributed by atoms with Gasteiger partial charge in [-0.05, 0) is 31.1 Å². The third kappa shape index (κ3) is 47.5. The molecule has 1 atom stereocenters. The van der Waals surface area contributed by atoms with Crippen molar-refractivity contribution >= 4 is 17.9 Å². The zero-order valence-electron chi connectivity index (χ0n) is 41.1. The summed E-state index contributed by atoms with van der Waals surface area (Å²) in [6.45, 7) is 11.4. The second-order valence-electron chi connectivity index (χ2n) is 19.5. The van der Waals surface area contributed by atoms with Gasteiger partial charge in [-0.1, -0.05) is 259 Å². The molecule has 0 bridgehead atoms. The van der Waals surface area contributed by atoms with Crippen LogP contribution in [0.4, 0.5) is 0 Å². The Morgan fingerprint density at radius 3 is 0.817 bits per heavy atom. The second-order valence-corrected chi connectivity index (χ2v) is 19.5. The zero-order chi connectivity index (χ0) is 44.0. The first kappa shape index (κ1) is 58.4. The van der Waals surface area contributed by atoms with Gasteiger partial charge in [-0.2, -0.15) is 0 Å². The van der Waals surface area contributed by atoms with Crippen LogP contribution >= 0.6 is 0 Å². The number of hydrogen-bond donors (Lipinski definition) is 0. The van der Waals surface area contributed by atoms with E-state index in [1.807, 2.05) is 0 Å². The van der Waals surface area contributed by atoms with Crippen LogP contribution < -0.4 is 0 Å². The highest BCUT2D eigenvalue weighted by Crippen LogP contribution is 2.18. The highest BCUT2D eigenvalue weighted by atomic mass is 16.6. The highest BCUT2D eigenvalue weighted by Gasteiger charge is 2.19. The average molecular weight is 849 g/mol. The minimum atomic E-state index is -0.761. The van der Waals surface area contributed by atoms with Gasteiger partial charge in [0.1, 0.15) is 13.2 Å². The Balaban J connectivity index is 4.30. The van der Waals surface area contributed by atoms with Crippen LogP contribution in [0.15, 0.2) is 0 Å². The first-order valence-corrected chi connectivity index (χ1v) is 26.7. The van der Waals surface area contributed by atoms with Crippen molar-refractivity contribution in [1.82, 2.24) is 0 Å². The van der Waals surface area contributed by atoms with Crippen molar-refractivity contribution in [1.29, 1.82) is 0 Å². The quantitative estimate of drug-likeness (QED) is 0.0345. The van der Waals surface area contributed by atoms with E-state index in [9.17, 15) is 14.4 Å². The number of rotatable bonds is 48. The normalized spacial score (nSPS) is 12.1. The summed E-state index contributed by atoms with van der Waals surface area (Å²) < 4.78 is 16.8. The molecule has 0 radical (unpaired) electrons. The fraction of sp³-hybridized carbons (Fsp3) is 0.944. The first-order chi connectivity index (χ1) is 29.2. The summed E-state index contributed by atoms with van der Waals surface area (Å²) in [7, 11) is 0. The van der Waals surface area contributed by atoms with Gasteiger partial charge >= 0.3 is 17.9 Å². The van der Waals surface area contributed by atoms with E-state index in [4.69, 9.17) is 14.2 Å². The van der Waals surface area contributed by atoms with Crippen LogP contribution in [0.25, 0.3) is 0 Å². The highest BCUT2D eigenvalue weighted by molar-refractivity contribution is 5.71. The average Bonchev–Trinajstić information content (AvgIpc) is 3.22. The van der Waals surface area contributed by atoms with Gasteiger partial charge in [0, 0.05) is 19.3 Å². The minimum Gasteiger partial charge on any atom is -0.462 e. The summed E-state index contributed by atoms with van der Waals surface area (Å²) in [5.41, 5.74) is 0. The molecule has 0 N–H and O–H groups in total. The van der Waals surface area contributed by atoms with Gasteiger partial charge in [-0.15, -0.1) is 0 Å². The topological polar surface area (TPSA) is 78.9 Å².